The number of para-hydroxylation sites is 3. The molecule has 1 aliphatic heterocycles. The van der Waals surface area contributed by atoms with E-state index in [2.05, 4.69) is 5.32 Å². The van der Waals surface area contributed by atoms with Crippen LogP contribution in [-0.2, 0) is 9.53 Å². The van der Waals surface area contributed by atoms with Crippen molar-refractivity contribution in [1.82, 2.24) is 0 Å². The van der Waals surface area contributed by atoms with Crippen molar-refractivity contribution in [1.29, 1.82) is 0 Å². The first-order valence-electron chi connectivity index (χ1n) is 7.64. The highest BCUT2D eigenvalue weighted by molar-refractivity contribution is 6.32. The van der Waals surface area contributed by atoms with Crippen LogP contribution in [0.25, 0.3) is 0 Å². The average molecular weight is 332 g/mol. The van der Waals surface area contributed by atoms with Crippen molar-refractivity contribution in [3.8, 4) is 11.5 Å². The first kappa shape index (κ1) is 15.8. The fourth-order valence-corrected chi connectivity index (χ4v) is 2.67. The van der Waals surface area contributed by atoms with E-state index < -0.39 is 0 Å². The summed E-state index contributed by atoms with van der Waals surface area (Å²) in [6.45, 7) is 1.27. The molecule has 0 atom stereocenters. The molecule has 0 radical (unpaired) electrons. The molecule has 1 aliphatic rings. The summed E-state index contributed by atoms with van der Waals surface area (Å²) >= 11 is 6.13. The Hall–Kier alpha value is -2.04. The van der Waals surface area contributed by atoms with Crippen molar-refractivity contribution in [2.75, 3.05) is 18.5 Å². The Morgan fingerprint density at radius 2 is 1.70 bits per heavy atom. The SMILES string of the molecule is O=C(Nc1ccccc1Oc1ccccc1Cl)C1CCOCC1. The zero-order chi connectivity index (χ0) is 16.1. The summed E-state index contributed by atoms with van der Waals surface area (Å²) < 4.78 is 11.2. The van der Waals surface area contributed by atoms with Gasteiger partial charge in [-0.15, -0.1) is 0 Å². The first-order chi connectivity index (χ1) is 11.2. The Morgan fingerprint density at radius 1 is 1.04 bits per heavy atom. The van der Waals surface area contributed by atoms with Crippen molar-refractivity contribution in [3.63, 3.8) is 0 Å². The molecule has 2 aromatic rings. The molecule has 120 valence electrons. The summed E-state index contributed by atoms with van der Waals surface area (Å²) in [6, 6.07) is 14.6. The molecule has 1 N–H and O–H groups in total. The quantitative estimate of drug-likeness (QED) is 0.897. The minimum absolute atomic E-state index is 0.00325. The smallest absolute Gasteiger partial charge is 0.227 e. The Balaban J connectivity index is 1.75. The van der Waals surface area contributed by atoms with Crippen molar-refractivity contribution in [3.05, 3.63) is 53.6 Å². The van der Waals surface area contributed by atoms with Gasteiger partial charge in [-0.25, -0.2) is 0 Å². The van der Waals surface area contributed by atoms with Crippen LogP contribution >= 0.6 is 11.6 Å². The number of ether oxygens (including phenoxy) is 2. The zero-order valence-corrected chi connectivity index (χ0v) is 13.4. The van der Waals surface area contributed by atoms with Crippen molar-refractivity contribution >= 4 is 23.2 Å². The molecule has 0 aromatic heterocycles. The van der Waals surface area contributed by atoms with Crippen LogP contribution in [0.1, 0.15) is 12.8 Å². The molecule has 0 bridgehead atoms. The molecule has 23 heavy (non-hydrogen) atoms. The molecule has 4 nitrogen and oxygen atoms in total. The van der Waals surface area contributed by atoms with Crippen LogP contribution in [0.2, 0.25) is 5.02 Å². The molecule has 0 aliphatic carbocycles. The molecular formula is C18H18ClNO3. The third-order valence-corrected chi connectivity index (χ3v) is 4.11. The van der Waals surface area contributed by atoms with Gasteiger partial charge in [0.2, 0.25) is 5.91 Å². The van der Waals surface area contributed by atoms with Gasteiger partial charge in [-0.05, 0) is 37.1 Å². The number of anilines is 1. The highest BCUT2D eigenvalue weighted by Crippen LogP contribution is 2.33. The van der Waals surface area contributed by atoms with E-state index in [9.17, 15) is 4.79 Å². The number of rotatable bonds is 4. The van der Waals surface area contributed by atoms with Gasteiger partial charge in [0.25, 0.3) is 0 Å². The monoisotopic (exact) mass is 331 g/mol. The van der Waals surface area contributed by atoms with E-state index in [1.54, 1.807) is 12.1 Å². The van der Waals surface area contributed by atoms with Crippen LogP contribution < -0.4 is 10.1 Å². The van der Waals surface area contributed by atoms with Gasteiger partial charge >= 0.3 is 0 Å². The summed E-state index contributed by atoms with van der Waals surface area (Å²) in [5.41, 5.74) is 0.643. The van der Waals surface area contributed by atoms with Gasteiger partial charge in [-0.1, -0.05) is 35.9 Å². The molecule has 0 unspecified atom stereocenters. The average Bonchev–Trinajstić information content (AvgIpc) is 2.59. The fraction of sp³-hybridized carbons (Fsp3) is 0.278. The largest absolute Gasteiger partial charge is 0.454 e. The molecular weight excluding hydrogens is 314 g/mol. The fourth-order valence-electron chi connectivity index (χ4n) is 2.50. The predicted molar refractivity (Wildman–Crippen MR) is 90.1 cm³/mol. The van der Waals surface area contributed by atoms with E-state index in [1.165, 1.54) is 0 Å². The van der Waals surface area contributed by atoms with Gasteiger partial charge in [0.15, 0.2) is 5.75 Å². The van der Waals surface area contributed by atoms with E-state index in [4.69, 9.17) is 21.1 Å². The minimum atomic E-state index is -0.0166. The van der Waals surface area contributed by atoms with Gasteiger partial charge < -0.3 is 14.8 Å². The van der Waals surface area contributed by atoms with Gasteiger partial charge in [0.1, 0.15) is 5.75 Å². The van der Waals surface area contributed by atoms with Crippen LogP contribution in [0.15, 0.2) is 48.5 Å². The lowest BCUT2D eigenvalue weighted by molar-refractivity contribution is -0.122. The summed E-state index contributed by atoms with van der Waals surface area (Å²) in [5.74, 6) is 1.11. The molecule has 1 fully saturated rings. The topological polar surface area (TPSA) is 47.6 Å². The maximum atomic E-state index is 12.4. The lowest BCUT2D eigenvalue weighted by Crippen LogP contribution is -2.28. The normalized spacial score (nSPS) is 15.2. The Kier molecular flexibility index (Phi) is 5.16. The van der Waals surface area contributed by atoms with E-state index in [0.29, 0.717) is 35.4 Å². The van der Waals surface area contributed by atoms with Crippen molar-refractivity contribution < 1.29 is 14.3 Å². The molecule has 1 amide bonds. The third kappa shape index (κ3) is 4.03. The molecule has 1 heterocycles. The Bertz CT molecular complexity index is 683. The minimum Gasteiger partial charge on any atom is -0.454 e. The number of amides is 1. The summed E-state index contributed by atoms with van der Waals surface area (Å²) in [4.78, 5) is 12.4. The molecule has 0 spiro atoms. The molecule has 2 aromatic carbocycles. The lowest BCUT2D eigenvalue weighted by Gasteiger charge is -2.22. The maximum absolute atomic E-state index is 12.4. The number of hydrogen-bond acceptors (Lipinski definition) is 3. The lowest BCUT2D eigenvalue weighted by atomic mass is 9.99. The van der Waals surface area contributed by atoms with E-state index in [0.717, 1.165) is 12.8 Å². The molecule has 1 saturated heterocycles. The Morgan fingerprint density at radius 3 is 2.43 bits per heavy atom. The van der Waals surface area contributed by atoms with Crippen LogP contribution in [0.3, 0.4) is 0 Å². The van der Waals surface area contributed by atoms with E-state index >= 15 is 0 Å². The number of carbonyl (C=O) groups is 1. The zero-order valence-electron chi connectivity index (χ0n) is 12.6. The maximum Gasteiger partial charge on any atom is 0.227 e. The summed E-state index contributed by atoms with van der Waals surface area (Å²) in [6.07, 6.45) is 1.50. The third-order valence-electron chi connectivity index (χ3n) is 3.79. The molecule has 0 saturated carbocycles. The Labute approximate surface area is 140 Å². The molecule has 5 heteroatoms. The molecule has 3 rings (SSSR count). The highest BCUT2D eigenvalue weighted by atomic mass is 35.5. The number of nitrogens with one attached hydrogen (secondary N) is 1. The van der Waals surface area contributed by atoms with Gasteiger partial charge in [-0.3, -0.25) is 4.79 Å². The standard InChI is InChI=1S/C18H18ClNO3/c19-14-5-1-3-7-16(14)23-17-8-4-2-6-15(17)20-18(21)13-9-11-22-12-10-13/h1-8,13H,9-12H2,(H,20,21). The number of hydrogen-bond donors (Lipinski definition) is 1. The summed E-state index contributed by atoms with van der Waals surface area (Å²) in [7, 11) is 0. The summed E-state index contributed by atoms with van der Waals surface area (Å²) in [5, 5.41) is 3.48. The van der Waals surface area contributed by atoms with Crippen LogP contribution in [0, 0.1) is 5.92 Å². The second-order valence-corrected chi connectivity index (χ2v) is 5.81. The van der Waals surface area contributed by atoms with Crippen molar-refractivity contribution in [2.24, 2.45) is 5.92 Å². The number of carbonyl (C=O) groups excluding carboxylic acids is 1. The van der Waals surface area contributed by atoms with Crippen LogP contribution in [-0.4, -0.2) is 19.1 Å². The van der Waals surface area contributed by atoms with Gasteiger partial charge in [0.05, 0.1) is 10.7 Å². The highest BCUT2D eigenvalue weighted by Gasteiger charge is 2.22. The number of benzene rings is 2. The van der Waals surface area contributed by atoms with Gasteiger partial charge in [-0.2, -0.15) is 0 Å². The second kappa shape index (κ2) is 7.49. The van der Waals surface area contributed by atoms with E-state index in [-0.39, 0.29) is 11.8 Å². The predicted octanol–water partition coefficient (Wildman–Crippen LogP) is 4.50. The van der Waals surface area contributed by atoms with Crippen LogP contribution in [0.5, 0.6) is 11.5 Å². The first-order valence-corrected chi connectivity index (χ1v) is 8.02. The van der Waals surface area contributed by atoms with Crippen molar-refractivity contribution in [2.45, 2.75) is 12.8 Å². The number of halogens is 1. The van der Waals surface area contributed by atoms with Gasteiger partial charge in [0, 0.05) is 19.1 Å². The van der Waals surface area contributed by atoms with E-state index in [1.807, 2.05) is 36.4 Å². The van der Waals surface area contributed by atoms with Crippen LogP contribution in [0.4, 0.5) is 5.69 Å². The second-order valence-electron chi connectivity index (χ2n) is 5.40.